The highest BCUT2D eigenvalue weighted by Gasteiger charge is 2.60. The molecule has 164 valence electrons. The Morgan fingerprint density at radius 2 is 1.94 bits per heavy atom. The molecule has 2 aromatic rings. The van der Waals surface area contributed by atoms with Crippen molar-refractivity contribution in [2.75, 3.05) is 17.7 Å². The zero-order valence-electron chi connectivity index (χ0n) is 18.8. The van der Waals surface area contributed by atoms with Crippen LogP contribution in [0.4, 0.5) is 11.4 Å². The Hall–Kier alpha value is -2.86. The van der Waals surface area contributed by atoms with Crippen LogP contribution in [0.2, 0.25) is 0 Å². The molecule has 31 heavy (non-hydrogen) atoms. The van der Waals surface area contributed by atoms with Crippen LogP contribution in [0.1, 0.15) is 43.4 Å². The number of hydrogen-bond acceptors (Lipinski definition) is 4. The van der Waals surface area contributed by atoms with Crippen molar-refractivity contribution in [1.29, 1.82) is 0 Å². The first-order valence-electron chi connectivity index (χ1n) is 10.9. The smallest absolute Gasteiger partial charge is 0.250 e. The van der Waals surface area contributed by atoms with E-state index in [-0.39, 0.29) is 17.9 Å². The van der Waals surface area contributed by atoms with Crippen molar-refractivity contribution in [2.45, 2.75) is 52.1 Å². The molecular weight excluding hydrogens is 390 g/mol. The quantitative estimate of drug-likeness (QED) is 0.678. The lowest BCUT2D eigenvalue weighted by molar-refractivity contribution is -0.130. The second-order valence-corrected chi connectivity index (χ2v) is 9.24. The van der Waals surface area contributed by atoms with Crippen LogP contribution in [0.25, 0.3) is 0 Å². The topological polar surface area (TPSA) is 79.5 Å². The molecule has 6 nitrogen and oxygen atoms in total. The molecule has 2 aromatic carbocycles. The average Bonchev–Trinajstić information content (AvgIpc) is 3.22. The van der Waals surface area contributed by atoms with Crippen LogP contribution in [0.15, 0.2) is 36.4 Å². The molecule has 0 radical (unpaired) electrons. The Bertz CT molecular complexity index is 1020. The van der Waals surface area contributed by atoms with Crippen molar-refractivity contribution >= 4 is 23.2 Å². The number of benzene rings is 2. The molecule has 2 heterocycles. The summed E-state index contributed by atoms with van der Waals surface area (Å²) in [6.45, 7) is 8.35. The van der Waals surface area contributed by atoms with Crippen LogP contribution in [0, 0.1) is 25.7 Å². The summed E-state index contributed by atoms with van der Waals surface area (Å²) in [5, 5.41) is 9.69. The van der Waals surface area contributed by atoms with Crippen LogP contribution in [0.3, 0.4) is 0 Å². The summed E-state index contributed by atoms with van der Waals surface area (Å²) < 4.78 is 5.20. The van der Waals surface area contributed by atoms with E-state index in [1.165, 1.54) is 0 Å². The minimum Gasteiger partial charge on any atom is -0.497 e. The van der Waals surface area contributed by atoms with Gasteiger partial charge >= 0.3 is 0 Å². The first-order valence-corrected chi connectivity index (χ1v) is 10.9. The van der Waals surface area contributed by atoms with E-state index in [0.717, 1.165) is 34.5 Å². The Kier molecular flexibility index (Phi) is 5.52. The van der Waals surface area contributed by atoms with Crippen LogP contribution in [-0.2, 0) is 15.1 Å². The van der Waals surface area contributed by atoms with Crippen molar-refractivity contribution in [3.63, 3.8) is 0 Å². The zero-order chi connectivity index (χ0) is 22.3. The van der Waals surface area contributed by atoms with Gasteiger partial charge in [0.25, 0.3) is 0 Å². The summed E-state index contributed by atoms with van der Waals surface area (Å²) in [7, 11) is 1.61. The first kappa shape index (κ1) is 21.4. The first-order chi connectivity index (χ1) is 14.7. The number of fused-ring (bicyclic) bond motifs is 2. The molecule has 2 aliphatic heterocycles. The van der Waals surface area contributed by atoms with Gasteiger partial charge in [0.1, 0.15) is 11.3 Å². The Labute approximate surface area is 183 Å². The summed E-state index contributed by atoms with van der Waals surface area (Å²) in [6, 6.07) is 11.4. The van der Waals surface area contributed by atoms with Gasteiger partial charge < -0.3 is 15.4 Å². The highest BCUT2D eigenvalue weighted by atomic mass is 16.5. The van der Waals surface area contributed by atoms with Crippen molar-refractivity contribution in [3.8, 4) is 5.75 Å². The molecule has 4 rings (SSSR count). The number of hydrogen-bond donors (Lipinski definition) is 3. The van der Waals surface area contributed by atoms with Gasteiger partial charge in [-0.15, -0.1) is 0 Å². The lowest BCUT2D eigenvalue weighted by atomic mass is 9.78. The van der Waals surface area contributed by atoms with Crippen LogP contribution in [-0.4, -0.2) is 25.0 Å². The van der Waals surface area contributed by atoms with E-state index in [4.69, 9.17) is 4.74 Å². The number of rotatable bonds is 5. The van der Waals surface area contributed by atoms with E-state index in [0.29, 0.717) is 18.0 Å². The summed E-state index contributed by atoms with van der Waals surface area (Å²) in [5.41, 5.74) is 3.44. The minimum absolute atomic E-state index is 0.0872. The second kappa shape index (κ2) is 8.00. The maximum Gasteiger partial charge on any atom is 0.250 e. The van der Waals surface area contributed by atoms with Gasteiger partial charge in [-0.3, -0.25) is 14.9 Å². The average molecular weight is 422 g/mol. The van der Waals surface area contributed by atoms with Crippen LogP contribution < -0.4 is 20.7 Å². The highest BCUT2D eigenvalue weighted by molar-refractivity contribution is 6.11. The molecule has 1 spiro atoms. The Balaban J connectivity index is 1.72. The predicted octanol–water partition coefficient (Wildman–Crippen LogP) is 4.12. The van der Waals surface area contributed by atoms with Gasteiger partial charge in [0.15, 0.2) is 0 Å². The van der Waals surface area contributed by atoms with E-state index >= 15 is 0 Å². The number of nitrogens with one attached hydrogen (secondary N) is 3. The molecule has 0 aromatic heterocycles. The van der Waals surface area contributed by atoms with Gasteiger partial charge in [0, 0.05) is 23.0 Å². The molecule has 0 aliphatic carbocycles. The maximum atomic E-state index is 13.5. The molecule has 2 aliphatic rings. The third kappa shape index (κ3) is 3.69. The lowest BCUT2D eigenvalue weighted by Gasteiger charge is -2.29. The van der Waals surface area contributed by atoms with E-state index in [1.807, 2.05) is 44.2 Å². The van der Waals surface area contributed by atoms with Gasteiger partial charge in [-0.1, -0.05) is 31.5 Å². The van der Waals surface area contributed by atoms with Gasteiger partial charge in [0.05, 0.1) is 13.0 Å². The monoisotopic (exact) mass is 421 g/mol. The van der Waals surface area contributed by atoms with Gasteiger partial charge in [-0.25, -0.2) is 0 Å². The van der Waals surface area contributed by atoms with E-state index in [2.05, 4.69) is 35.9 Å². The maximum absolute atomic E-state index is 13.5. The Morgan fingerprint density at radius 3 is 2.58 bits per heavy atom. The lowest BCUT2D eigenvalue weighted by Crippen LogP contribution is -2.52. The van der Waals surface area contributed by atoms with Crippen molar-refractivity contribution in [1.82, 2.24) is 5.32 Å². The summed E-state index contributed by atoms with van der Waals surface area (Å²) in [4.78, 5) is 27.0. The van der Waals surface area contributed by atoms with Crippen molar-refractivity contribution < 1.29 is 14.3 Å². The molecule has 0 bridgehead atoms. The highest BCUT2D eigenvalue weighted by Crippen LogP contribution is 2.49. The number of methoxy groups -OCH3 is 1. The second-order valence-electron chi connectivity index (χ2n) is 9.24. The summed E-state index contributed by atoms with van der Waals surface area (Å²) in [5.74, 6) is 0.384. The zero-order valence-corrected chi connectivity index (χ0v) is 18.8. The number of ether oxygens (including phenoxy) is 1. The third-order valence-electron chi connectivity index (χ3n) is 6.41. The molecule has 2 amide bonds. The molecule has 0 unspecified atom stereocenters. The van der Waals surface area contributed by atoms with Gasteiger partial charge in [-0.05, 0) is 62.4 Å². The Morgan fingerprint density at radius 1 is 1.23 bits per heavy atom. The number of carbonyl (C=O) groups excluding carboxylic acids is 2. The SMILES string of the molecule is COc1ccc(NC(=O)[C@H]2C[C@H](CC(C)C)N[C@@]23C(=O)Nc2c(C)cc(C)cc23)cc1. The fourth-order valence-electron chi connectivity index (χ4n) is 5.14. The largest absolute Gasteiger partial charge is 0.497 e. The summed E-state index contributed by atoms with van der Waals surface area (Å²) in [6.07, 6.45) is 1.52. The van der Waals surface area contributed by atoms with Crippen LogP contribution in [0.5, 0.6) is 5.75 Å². The standard InChI is InChI=1S/C25H31N3O3/c1-14(2)10-18-13-21(23(29)26-17-6-8-19(31-5)9-7-17)25(28-18)20-12-15(3)11-16(4)22(20)27-24(25)30/h6-9,11-12,14,18,21,28H,10,13H2,1-5H3,(H,26,29)(H,27,30)/t18-,21+,25+/m0/s1. The normalized spacial score (nSPS) is 24.4. The van der Waals surface area contributed by atoms with Crippen molar-refractivity contribution in [2.24, 2.45) is 11.8 Å². The fourth-order valence-corrected chi connectivity index (χ4v) is 5.14. The van der Waals surface area contributed by atoms with Gasteiger partial charge in [-0.2, -0.15) is 0 Å². The molecule has 3 atom stereocenters. The predicted molar refractivity (Wildman–Crippen MR) is 122 cm³/mol. The molecular formula is C25H31N3O3. The van der Waals surface area contributed by atoms with Crippen LogP contribution >= 0.6 is 0 Å². The number of aryl methyl sites for hydroxylation is 2. The molecule has 1 saturated heterocycles. The molecule has 1 fully saturated rings. The van der Waals surface area contributed by atoms with Crippen molar-refractivity contribution in [3.05, 3.63) is 53.1 Å². The molecule has 3 N–H and O–H groups in total. The molecule has 0 saturated carbocycles. The number of carbonyl (C=O) groups is 2. The molecule has 6 heteroatoms. The minimum atomic E-state index is -1.05. The third-order valence-corrected chi connectivity index (χ3v) is 6.41. The number of amides is 2. The number of anilines is 2. The van der Waals surface area contributed by atoms with E-state index in [1.54, 1.807) is 7.11 Å². The fraction of sp³-hybridized carbons (Fsp3) is 0.440. The van der Waals surface area contributed by atoms with E-state index in [9.17, 15) is 9.59 Å². The van der Waals surface area contributed by atoms with E-state index < -0.39 is 11.5 Å². The van der Waals surface area contributed by atoms with Gasteiger partial charge in [0.2, 0.25) is 11.8 Å². The summed E-state index contributed by atoms with van der Waals surface area (Å²) >= 11 is 0.